The second-order valence-corrected chi connectivity index (χ2v) is 7.62. The van der Waals surface area contributed by atoms with Crippen molar-refractivity contribution >= 4 is 34.4 Å². The Bertz CT molecular complexity index is 1090. The van der Waals surface area contributed by atoms with E-state index in [1.54, 1.807) is 6.20 Å². The SMILES string of the molecule is CCCCCCC(C(=O)Nc1ccc(C(=O)O)cn1)n1cc(C(C)=O)c2ccccc21. The average Bonchev–Trinajstić information content (AvgIpc) is 3.14. The molecular formula is C24H27N3O4. The Balaban J connectivity index is 1.92. The van der Waals surface area contributed by atoms with E-state index >= 15 is 0 Å². The lowest BCUT2D eigenvalue weighted by molar-refractivity contribution is -0.119. The van der Waals surface area contributed by atoms with Gasteiger partial charge in [0.25, 0.3) is 0 Å². The third kappa shape index (κ3) is 5.17. The first kappa shape index (κ1) is 22.2. The van der Waals surface area contributed by atoms with Crippen molar-refractivity contribution in [3.8, 4) is 0 Å². The van der Waals surface area contributed by atoms with Crippen LogP contribution in [-0.4, -0.2) is 32.3 Å². The van der Waals surface area contributed by atoms with Gasteiger partial charge >= 0.3 is 5.97 Å². The van der Waals surface area contributed by atoms with Crippen LogP contribution in [0.4, 0.5) is 5.82 Å². The van der Waals surface area contributed by atoms with Gasteiger partial charge in [-0.15, -0.1) is 0 Å². The monoisotopic (exact) mass is 421 g/mol. The number of carbonyl (C=O) groups excluding carboxylic acids is 2. The van der Waals surface area contributed by atoms with Gasteiger partial charge in [-0.25, -0.2) is 9.78 Å². The number of fused-ring (bicyclic) bond motifs is 1. The summed E-state index contributed by atoms with van der Waals surface area (Å²) in [6, 6.07) is 9.93. The number of nitrogens with zero attached hydrogens (tertiary/aromatic N) is 2. The lowest BCUT2D eigenvalue weighted by atomic mass is 10.1. The van der Waals surface area contributed by atoms with E-state index in [2.05, 4.69) is 17.2 Å². The quantitative estimate of drug-likeness (QED) is 0.351. The third-order valence-corrected chi connectivity index (χ3v) is 5.35. The van der Waals surface area contributed by atoms with Crippen molar-refractivity contribution in [1.82, 2.24) is 9.55 Å². The number of pyridine rings is 1. The fraction of sp³-hybridized carbons (Fsp3) is 0.333. The first-order valence-electron chi connectivity index (χ1n) is 10.5. The van der Waals surface area contributed by atoms with Crippen molar-refractivity contribution in [3.63, 3.8) is 0 Å². The number of Topliss-reactive ketones (excluding diaryl/α,β-unsaturated/α-hetero) is 1. The van der Waals surface area contributed by atoms with Crippen LogP contribution in [0.3, 0.4) is 0 Å². The molecule has 162 valence electrons. The van der Waals surface area contributed by atoms with Crippen LogP contribution in [-0.2, 0) is 4.79 Å². The highest BCUT2D eigenvalue weighted by molar-refractivity contribution is 6.07. The molecule has 7 nitrogen and oxygen atoms in total. The van der Waals surface area contributed by atoms with Crippen molar-refractivity contribution in [2.24, 2.45) is 0 Å². The number of hydrogen-bond acceptors (Lipinski definition) is 4. The Kier molecular flexibility index (Phi) is 7.18. The molecule has 0 aliphatic carbocycles. The van der Waals surface area contributed by atoms with E-state index in [-0.39, 0.29) is 23.1 Å². The van der Waals surface area contributed by atoms with E-state index in [9.17, 15) is 14.4 Å². The van der Waals surface area contributed by atoms with E-state index in [4.69, 9.17) is 5.11 Å². The van der Waals surface area contributed by atoms with Gasteiger partial charge in [-0.1, -0.05) is 50.8 Å². The number of aromatic carboxylic acids is 1. The van der Waals surface area contributed by atoms with Crippen LogP contribution in [0.2, 0.25) is 0 Å². The minimum atomic E-state index is -1.07. The van der Waals surface area contributed by atoms with Crippen molar-refractivity contribution < 1.29 is 19.5 Å². The first-order valence-corrected chi connectivity index (χ1v) is 10.5. The highest BCUT2D eigenvalue weighted by Crippen LogP contribution is 2.29. The number of rotatable bonds is 10. The second kappa shape index (κ2) is 10.0. The number of ketones is 1. The van der Waals surface area contributed by atoms with E-state index in [0.717, 1.165) is 36.6 Å². The maximum absolute atomic E-state index is 13.2. The van der Waals surface area contributed by atoms with Crippen LogP contribution in [0.25, 0.3) is 10.9 Å². The first-order chi connectivity index (χ1) is 14.9. The van der Waals surface area contributed by atoms with Gasteiger partial charge in [0, 0.05) is 28.9 Å². The molecule has 2 aromatic heterocycles. The molecule has 2 N–H and O–H groups in total. The Morgan fingerprint density at radius 1 is 1.10 bits per heavy atom. The minimum Gasteiger partial charge on any atom is -0.478 e. The molecule has 1 unspecified atom stereocenters. The zero-order chi connectivity index (χ0) is 22.4. The fourth-order valence-corrected chi connectivity index (χ4v) is 3.71. The number of anilines is 1. The van der Waals surface area contributed by atoms with Crippen LogP contribution in [0, 0.1) is 0 Å². The number of carboxylic acids is 1. The summed E-state index contributed by atoms with van der Waals surface area (Å²) in [5, 5.41) is 12.7. The van der Waals surface area contributed by atoms with E-state index in [1.165, 1.54) is 25.3 Å². The summed E-state index contributed by atoms with van der Waals surface area (Å²) >= 11 is 0. The Morgan fingerprint density at radius 3 is 2.52 bits per heavy atom. The van der Waals surface area contributed by atoms with Gasteiger partial charge in [-0.05, 0) is 31.5 Å². The van der Waals surface area contributed by atoms with Gasteiger partial charge in [-0.2, -0.15) is 0 Å². The highest BCUT2D eigenvalue weighted by Gasteiger charge is 2.24. The largest absolute Gasteiger partial charge is 0.478 e. The maximum Gasteiger partial charge on any atom is 0.337 e. The molecule has 0 aliphatic heterocycles. The normalized spacial score (nSPS) is 11.9. The molecule has 2 heterocycles. The number of carbonyl (C=O) groups is 3. The number of amides is 1. The van der Waals surface area contributed by atoms with Crippen LogP contribution in [0.1, 0.15) is 72.7 Å². The summed E-state index contributed by atoms with van der Waals surface area (Å²) in [5.74, 6) is -1.08. The number of hydrogen-bond donors (Lipinski definition) is 2. The number of para-hydroxylation sites is 1. The summed E-state index contributed by atoms with van der Waals surface area (Å²) in [6.45, 7) is 3.66. The molecule has 0 saturated carbocycles. The molecule has 1 aromatic carbocycles. The predicted molar refractivity (Wildman–Crippen MR) is 120 cm³/mol. The molecule has 1 atom stereocenters. The lowest BCUT2D eigenvalue weighted by Gasteiger charge is -2.20. The molecule has 1 amide bonds. The van der Waals surface area contributed by atoms with Gasteiger partial charge in [0.05, 0.1) is 5.56 Å². The standard InChI is InChI=1S/C24H27N3O4/c1-3-4-5-6-11-21(23(29)26-22-13-12-17(14-25-22)24(30)31)27-15-19(16(2)28)18-9-7-8-10-20(18)27/h7-10,12-15,21H,3-6,11H2,1-2H3,(H,30,31)(H,25,26,29). The van der Waals surface area contributed by atoms with Gasteiger partial charge < -0.3 is 15.0 Å². The highest BCUT2D eigenvalue weighted by atomic mass is 16.4. The van der Waals surface area contributed by atoms with Gasteiger partial charge in [0.1, 0.15) is 11.9 Å². The summed E-state index contributed by atoms with van der Waals surface area (Å²) in [7, 11) is 0. The summed E-state index contributed by atoms with van der Waals surface area (Å²) in [6.07, 6.45) is 7.68. The summed E-state index contributed by atoms with van der Waals surface area (Å²) in [5.41, 5.74) is 1.47. The molecular weight excluding hydrogens is 394 g/mol. The smallest absolute Gasteiger partial charge is 0.337 e. The van der Waals surface area contributed by atoms with Crippen molar-refractivity contribution in [3.05, 3.63) is 59.9 Å². The predicted octanol–water partition coefficient (Wildman–Crippen LogP) is 5.09. The van der Waals surface area contributed by atoms with Gasteiger partial charge in [0.15, 0.2) is 5.78 Å². The topological polar surface area (TPSA) is 101 Å². The maximum atomic E-state index is 13.2. The fourth-order valence-electron chi connectivity index (χ4n) is 3.71. The number of carboxylic acid groups (broad SMARTS) is 1. The summed E-state index contributed by atoms with van der Waals surface area (Å²) in [4.78, 5) is 40.5. The number of nitrogens with one attached hydrogen (secondary N) is 1. The van der Waals surface area contributed by atoms with Crippen molar-refractivity contribution in [2.75, 3.05) is 5.32 Å². The molecule has 0 spiro atoms. The van der Waals surface area contributed by atoms with Crippen LogP contribution in [0.5, 0.6) is 0 Å². The van der Waals surface area contributed by atoms with E-state index in [0.29, 0.717) is 12.0 Å². The number of unbranched alkanes of at least 4 members (excludes halogenated alkanes) is 3. The third-order valence-electron chi connectivity index (χ3n) is 5.35. The van der Waals surface area contributed by atoms with Gasteiger partial charge in [-0.3, -0.25) is 9.59 Å². The molecule has 0 bridgehead atoms. The molecule has 0 fully saturated rings. The van der Waals surface area contributed by atoms with Gasteiger partial charge in [0.2, 0.25) is 5.91 Å². The van der Waals surface area contributed by atoms with Crippen molar-refractivity contribution in [1.29, 1.82) is 0 Å². The van der Waals surface area contributed by atoms with E-state index < -0.39 is 12.0 Å². The Hall–Kier alpha value is -3.48. The van der Waals surface area contributed by atoms with Crippen LogP contribution in [0.15, 0.2) is 48.8 Å². The lowest BCUT2D eigenvalue weighted by Crippen LogP contribution is -2.26. The second-order valence-electron chi connectivity index (χ2n) is 7.62. The number of aromatic nitrogens is 2. The summed E-state index contributed by atoms with van der Waals surface area (Å²) < 4.78 is 1.87. The molecule has 0 saturated heterocycles. The molecule has 0 radical (unpaired) electrons. The van der Waals surface area contributed by atoms with Crippen LogP contribution >= 0.6 is 0 Å². The van der Waals surface area contributed by atoms with E-state index in [1.807, 2.05) is 28.8 Å². The molecule has 31 heavy (non-hydrogen) atoms. The zero-order valence-electron chi connectivity index (χ0n) is 17.8. The van der Waals surface area contributed by atoms with Crippen molar-refractivity contribution in [2.45, 2.75) is 52.0 Å². The molecule has 7 heteroatoms. The molecule has 0 aliphatic rings. The zero-order valence-corrected chi connectivity index (χ0v) is 17.8. The Labute approximate surface area is 181 Å². The Morgan fingerprint density at radius 2 is 1.87 bits per heavy atom. The average molecular weight is 421 g/mol. The van der Waals surface area contributed by atoms with Crippen LogP contribution < -0.4 is 5.32 Å². The number of benzene rings is 1. The molecule has 3 aromatic rings. The molecule has 3 rings (SSSR count). The minimum absolute atomic E-state index is 0.0500.